The van der Waals surface area contributed by atoms with E-state index < -0.39 is 0 Å². The number of ether oxygens (including phenoxy) is 1. The second-order valence-electron chi connectivity index (χ2n) is 8.41. The van der Waals surface area contributed by atoms with Gasteiger partial charge in [-0.15, -0.1) is 0 Å². The molecule has 4 rings (SSSR count). The smallest absolute Gasteiger partial charge is 0.276 e. The zero-order valence-corrected chi connectivity index (χ0v) is 19.3. The van der Waals surface area contributed by atoms with E-state index in [1.807, 2.05) is 62.4 Å². The number of aromatic nitrogens is 1. The molecule has 0 saturated carbocycles. The number of benzene rings is 2. The van der Waals surface area contributed by atoms with E-state index in [4.69, 9.17) is 9.15 Å². The van der Waals surface area contributed by atoms with Gasteiger partial charge >= 0.3 is 0 Å². The standard InChI is InChI=1S/C26H29N3O4/c1-17-9-7-13-22(18(17)2)27-23(30)16-29(15-21-12-8-14-32-21)26(31)24-19(3)33-25(28-24)20-10-5-4-6-11-20/h4-7,9-11,13,21H,8,12,14-16H2,1-3H3,(H,27,30). The van der Waals surface area contributed by atoms with Gasteiger partial charge in [0.25, 0.3) is 5.91 Å². The third-order valence-electron chi connectivity index (χ3n) is 5.97. The lowest BCUT2D eigenvalue weighted by molar-refractivity contribution is -0.117. The quantitative estimate of drug-likeness (QED) is 0.575. The molecular formula is C26H29N3O4. The Morgan fingerprint density at radius 3 is 2.61 bits per heavy atom. The van der Waals surface area contributed by atoms with Crippen LogP contribution >= 0.6 is 0 Å². The van der Waals surface area contributed by atoms with Gasteiger partial charge in [0.05, 0.1) is 6.10 Å². The number of hydrogen-bond donors (Lipinski definition) is 1. The van der Waals surface area contributed by atoms with Crippen molar-refractivity contribution < 1.29 is 18.7 Å². The van der Waals surface area contributed by atoms with Crippen molar-refractivity contribution in [3.63, 3.8) is 0 Å². The summed E-state index contributed by atoms with van der Waals surface area (Å²) in [6.45, 7) is 6.57. The molecule has 2 aromatic carbocycles. The Morgan fingerprint density at radius 2 is 1.88 bits per heavy atom. The molecule has 7 heteroatoms. The molecule has 3 aromatic rings. The molecule has 1 saturated heterocycles. The van der Waals surface area contributed by atoms with Gasteiger partial charge in [0.2, 0.25) is 11.8 Å². The van der Waals surface area contributed by atoms with Crippen LogP contribution in [0.2, 0.25) is 0 Å². The molecule has 2 amide bonds. The van der Waals surface area contributed by atoms with E-state index in [2.05, 4.69) is 10.3 Å². The third-order valence-corrected chi connectivity index (χ3v) is 5.97. The number of amides is 2. The molecule has 1 unspecified atom stereocenters. The predicted molar refractivity (Wildman–Crippen MR) is 126 cm³/mol. The fraction of sp³-hybridized carbons (Fsp3) is 0.346. The first-order valence-corrected chi connectivity index (χ1v) is 11.2. The number of carbonyl (C=O) groups is 2. The van der Waals surface area contributed by atoms with Crippen LogP contribution in [0.5, 0.6) is 0 Å². The molecule has 1 atom stereocenters. The summed E-state index contributed by atoms with van der Waals surface area (Å²) in [6, 6.07) is 15.2. The average molecular weight is 448 g/mol. The molecule has 1 aromatic heterocycles. The van der Waals surface area contributed by atoms with E-state index in [0.717, 1.165) is 35.2 Å². The number of nitrogens with one attached hydrogen (secondary N) is 1. The van der Waals surface area contributed by atoms with Crippen molar-refractivity contribution in [1.29, 1.82) is 0 Å². The molecule has 33 heavy (non-hydrogen) atoms. The molecule has 1 N–H and O–H groups in total. The molecule has 0 aliphatic carbocycles. The summed E-state index contributed by atoms with van der Waals surface area (Å²) in [4.78, 5) is 32.4. The van der Waals surface area contributed by atoms with Crippen molar-refractivity contribution in [3.05, 3.63) is 71.1 Å². The summed E-state index contributed by atoms with van der Waals surface area (Å²) in [6.07, 6.45) is 1.71. The van der Waals surface area contributed by atoms with Crippen LogP contribution in [0.25, 0.3) is 11.5 Å². The molecule has 0 radical (unpaired) electrons. The molecule has 7 nitrogen and oxygen atoms in total. The monoisotopic (exact) mass is 447 g/mol. The van der Waals surface area contributed by atoms with E-state index >= 15 is 0 Å². The van der Waals surface area contributed by atoms with Crippen LogP contribution in [-0.2, 0) is 9.53 Å². The lowest BCUT2D eigenvalue weighted by Gasteiger charge is -2.24. The number of carbonyl (C=O) groups excluding carboxylic acids is 2. The van der Waals surface area contributed by atoms with Gasteiger partial charge in [0, 0.05) is 24.4 Å². The summed E-state index contributed by atoms with van der Waals surface area (Å²) in [5, 5.41) is 2.94. The summed E-state index contributed by atoms with van der Waals surface area (Å²) >= 11 is 0. The fourth-order valence-electron chi connectivity index (χ4n) is 3.95. The first kappa shape index (κ1) is 22.7. The molecule has 1 aliphatic heterocycles. The molecule has 0 spiro atoms. The van der Waals surface area contributed by atoms with Gasteiger partial charge in [-0.05, 0) is 62.9 Å². The molecular weight excluding hydrogens is 418 g/mol. The highest BCUT2D eigenvalue weighted by molar-refractivity contribution is 5.99. The van der Waals surface area contributed by atoms with Crippen molar-refractivity contribution in [2.24, 2.45) is 0 Å². The van der Waals surface area contributed by atoms with Gasteiger partial charge in [-0.1, -0.05) is 30.3 Å². The number of hydrogen-bond acceptors (Lipinski definition) is 5. The Morgan fingerprint density at radius 1 is 1.09 bits per heavy atom. The van der Waals surface area contributed by atoms with Crippen molar-refractivity contribution in [1.82, 2.24) is 9.88 Å². The van der Waals surface area contributed by atoms with Crippen molar-refractivity contribution >= 4 is 17.5 Å². The lowest BCUT2D eigenvalue weighted by atomic mass is 10.1. The van der Waals surface area contributed by atoms with Gasteiger partial charge in [0.15, 0.2) is 5.69 Å². The minimum absolute atomic E-state index is 0.0942. The maximum absolute atomic E-state index is 13.5. The van der Waals surface area contributed by atoms with Gasteiger partial charge < -0.3 is 19.4 Å². The Bertz CT molecular complexity index is 1130. The maximum Gasteiger partial charge on any atom is 0.276 e. The van der Waals surface area contributed by atoms with E-state index in [1.54, 1.807) is 6.92 Å². The highest BCUT2D eigenvalue weighted by Crippen LogP contribution is 2.23. The van der Waals surface area contributed by atoms with Crippen molar-refractivity contribution in [3.8, 4) is 11.5 Å². The average Bonchev–Trinajstić information content (AvgIpc) is 3.46. The van der Waals surface area contributed by atoms with Crippen LogP contribution in [-0.4, -0.2) is 47.5 Å². The molecule has 2 heterocycles. The molecule has 1 aliphatic rings. The van der Waals surface area contributed by atoms with Crippen molar-refractivity contribution in [2.75, 3.05) is 25.0 Å². The van der Waals surface area contributed by atoms with E-state index in [-0.39, 0.29) is 30.2 Å². The number of oxazole rings is 1. The Kier molecular flexibility index (Phi) is 6.89. The van der Waals surface area contributed by atoms with E-state index in [0.29, 0.717) is 24.8 Å². The first-order chi connectivity index (χ1) is 15.9. The zero-order valence-electron chi connectivity index (χ0n) is 19.3. The fourth-order valence-corrected chi connectivity index (χ4v) is 3.95. The Balaban J connectivity index is 1.55. The van der Waals surface area contributed by atoms with Crippen LogP contribution < -0.4 is 5.32 Å². The minimum atomic E-state index is -0.343. The molecule has 172 valence electrons. The summed E-state index contributed by atoms with van der Waals surface area (Å²) in [5.74, 6) is 0.198. The first-order valence-electron chi connectivity index (χ1n) is 11.2. The summed E-state index contributed by atoms with van der Waals surface area (Å²) in [5.41, 5.74) is 3.84. The Labute approximate surface area is 193 Å². The second kappa shape index (κ2) is 10.0. The van der Waals surface area contributed by atoms with Gasteiger partial charge in [0.1, 0.15) is 12.3 Å². The third kappa shape index (κ3) is 5.31. The number of nitrogens with zero attached hydrogens (tertiary/aromatic N) is 2. The van der Waals surface area contributed by atoms with Crippen LogP contribution in [0.4, 0.5) is 5.69 Å². The SMILES string of the molecule is Cc1cccc(NC(=O)CN(CC2CCCO2)C(=O)c2nc(-c3ccccc3)oc2C)c1C. The van der Waals surface area contributed by atoms with Gasteiger partial charge in [-0.2, -0.15) is 0 Å². The van der Waals surface area contributed by atoms with Crippen molar-refractivity contribution in [2.45, 2.75) is 39.7 Å². The molecule has 0 bridgehead atoms. The van der Waals surface area contributed by atoms with Crippen LogP contribution in [0.15, 0.2) is 52.9 Å². The minimum Gasteiger partial charge on any atom is -0.441 e. The number of anilines is 1. The van der Waals surface area contributed by atoms with Crippen LogP contribution in [0, 0.1) is 20.8 Å². The van der Waals surface area contributed by atoms with Gasteiger partial charge in [-0.3, -0.25) is 9.59 Å². The number of aryl methyl sites for hydroxylation is 2. The topological polar surface area (TPSA) is 84.7 Å². The van der Waals surface area contributed by atoms with Crippen LogP contribution in [0.3, 0.4) is 0 Å². The highest BCUT2D eigenvalue weighted by Gasteiger charge is 2.29. The highest BCUT2D eigenvalue weighted by atomic mass is 16.5. The molecule has 1 fully saturated rings. The maximum atomic E-state index is 13.5. The number of rotatable bonds is 7. The van der Waals surface area contributed by atoms with Crippen LogP contribution in [0.1, 0.15) is 40.2 Å². The van der Waals surface area contributed by atoms with Gasteiger partial charge in [-0.25, -0.2) is 4.98 Å². The lowest BCUT2D eigenvalue weighted by Crippen LogP contribution is -2.42. The zero-order chi connectivity index (χ0) is 23.4. The largest absolute Gasteiger partial charge is 0.441 e. The Hall–Kier alpha value is -3.45. The second-order valence-corrected chi connectivity index (χ2v) is 8.41. The summed E-state index contributed by atoms with van der Waals surface area (Å²) in [7, 11) is 0. The van der Waals surface area contributed by atoms with E-state index in [1.165, 1.54) is 4.90 Å². The normalized spacial score (nSPS) is 15.4. The predicted octanol–water partition coefficient (Wildman–Crippen LogP) is 4.53. The summed E-state index contributed by atoms with van der Waals surface area (Å²) < 4.78 is 11.5. The van der Waals surface area contributed by atoms with E-state index in [9.17, 15) is 9.59 Å².